The molecule has 0 spiro atoms. The number of aromatic nitrogens is 2. The molecule has 37 heavy (non-hydrogen) atoms. The Bertz CT molecular complexity index is 1100. The topological polar surface area (TPSA) is 109 Å². The Morgan fingerprint density at radius 1 is 1.08 bits per heavy atom. The molecule has 2 aliphatic carbocycles. The molecule has 2 saturated carbocycles. The van der Waals surface area contributed by atoms with Crippen LogP contribution in [0.4, 0.5) is 17.5 Å². The van der Waals surface area contributed by atoms with Gasteiger partial charge in [0.2, 0.25) is 11.9 Å². The minimum atomic E-state index is -0.167. The molecule has 2 atom stereocenters. The summed E-state index contributed by atoms with van der Waals surface area (Å²) >= 11 is 13.1. The molecule has 0 aliphatic heterocycles. The van der Waals surface area contributed by atoms with Crippen molar-refractivity contribution in [2.75, 3.05) is 36.7 Å². The number of rotatable bonds is 12. The zero-order valence-electron chi connectivity index (χ0n) is 21.2. The summed E-state index contributed by atoms with van der Waals surface area (Å²) in [6.45, 7) is 4.79. The fourth-order valence-corrected chi connectivity index (χ4v) is 5.06. The average Bonchev–Trinajstić information content (AvgIpc) is 3.74. The molecule has 1 amide bonds. The first-order valence-corrected chi connectivity index (χ1v) is 13.3. The van der Waals surface area contributed by atoms with Crippen LogP contribution in [0, 0.1) is 5.92 Å². The lowest BCUT2D eigenvalue weighted by atomic mass is 9.90. The molecule has 0 radical (unpaired) electrons. The second-order valence-corrected chi connectivity index (χ2v) is 10.1. The van der Waals surface area contributed by atoms with Crippen LogP contribution in [0.3, 0.4) is 0 Å². The summed E-state index contributed by atoms with van der Waals surface area (Å²) in [7, 11) is 3.08. The number of carbonyl (C=O) groups excluding carboxylic acids is 1. The van der Waals surface area contributed by atoms with E-state index in [1.807, 2.05) is 0 Å². The highest BCUT2D eigenvalue weighted by Crippen LogP contribution is 2.44. The average molecular weight is 550 g/mol. The molecular formula is C26H34Cl2N6O3. The Labute approximate surface area is 227 Å². The summed E-state index contributed by atoms with van der Waals surface area (Å²) in [5.74, 6) is 2.67. The van der Waals surface area contributed by atoms with Gasteiger partial charge in [-0.25, -0.2) is 4.98 Å². The van der Waals surface area contributed by atoms with Crippen molar-refractivity contribution < 1.29 is 14.3 Å². The van der Waals surface area contributed by atoms with Crippen LogP contribution in [0.25, 0.3) is 0 Å². The number of benzene rings is 1. The van der Waals surface area contributed by atoms with Gasteiger partial charge in [0.05, 0.1) is 19.9 Å². The predicted molar refractivity (Wildman–Crippen MR) is 148 cm³/mol. The maximum absolute atomic E-state index is 11.9. The Kier molecular flexibility index (Phi) is 9.21. The summed E-state index contributed by atoms with van der Waals surface area (Å²) in [6, 6.07) is 1.69. The van der Waals surface area contributed by atoms with E-state index in [0.717, 1.165) is 43.6 Å². The zero-order valence-corrected chi connectivity index (χ0v) is 22.7. The largest absolute Gasteiger partial charge is 0.495 e. The highest BCUT2D eigenvalue weighted by Gasteiger charge is 2.27. The molecule has 2 aliphatic rings. The van der Waals surface area contributed by atoms with Gasteiger partial charge in [0, 0.05) is 43.0 Å². The van der Waals surface area contributed by atoms with Gasteiger partial charge in [0.15, 0.2) is 0 Å². The van der Waals surface area contributed by atoms with E-state index in [0.29, 0.717) is 45.6 Å². The van der Waals surface area contributed by atoms with E-state index in [1.54, 1.807) is 12.3 Å². The minimum absolute atomic E-state index is 0.000563. The summed E-state index contributed by atoms with van der Waals surface area (Å²) in [4.78, 5) is 21.3. The summed E-state index contributed by atoms with van der Waals surface area (Å²) < 4.78 is 10.7. The lowest BCUT2D eigenvalue weighted by molar-refractivity contribution is -0.117. The lowest BCUT2D eigenvalue weighted by Crippen LogP contribution is -2.48. The highest BCUT2D eigenvalue weighted by atomic mass is 35.5. The van der Waals surface area contributed by atoms with Crippen molar-refractivity contribution in [1.29, 1.82) is 0 Å². The standard InChI is InChI=1S/C26H34Cl2N6O3/c1-4-21(35)32-17-7-5-6-8-18(17)33-26-31-14-16(25(34-26)30-12-15-9-10-15)13-29-24-22(27)19(36-2)11-20(37-3)23(24)28/h4,11,14-15,17-18,29H,1,5-10,12-13H2,2-3H3,(H,32,35)(H2,30,31,33,34). The molecule has 1 aromatic carbocycles. The van der Waals surface area contributed by atoms with E-state index < -0.39 is 0 Å². The van der Waals surface area contributed by atoms with Crippen molar-refractivity contribution in [2.45, 2.75) is 57.2 Å². The van der Waals surface area contributed by atoms with Gasteiger partial charge in [-0.3, -0.25) is 4.79 Å². The van der Waals surface area contributed by atoms with E-state index in [9.17, 15) is 4.79 Å². The quantitative estimate of drug-likeness (QED) is 0.266. The van der Waals surface area contributed by atoms with Crippen molar-refractivity contribution in [3.05, 3.63) is 40.5 Å². The van der Waals surface area contributed by atoms with E-state index in [4.69, 9.17) is 37.7 Å². The Morgan fingerprint density at radius 2 is 1.76 bits per heavy atom. The number of nitrogens with one attached hydrogen (secondary N) is 4. The molecule has 2 fully saturated rings. The fraction of sp³-hybridized carbons (Fsp3) is 0.500. The third-order valence-corrected chi connectivity index (χ3v) is 7.49. The Morgan fingerprint density at radius 3 is 2.38 bits per heavy atom. The Balaban J connectivity index is 1.53. The van der Waals surface area contributed by atoms with Crippen LogP contribution in [-0.4, -0.2) is 48.7 Å². The van der Waals surface area contributed by atoms with Gasteiger partial charge in [0.1, 0.15) is 27.4 Å². The molecular weight excluding hydrogens is 515 g/mol. The van der Waals surface area contributed by atoms with E-state index >= 15 is 0 Å². The van der Waals surface area contributed by atoms with Crippen LogP contribution in [0.5, 0.6) is 11.5 Å². The van der Waals surface area contributed by atoms with Crippen molar-refractivity contribution in [3.63, 3.8) is 0 Å². The fourth-order valence-electron chi connectivity index (χ4n) is 4.43. The normalized spacial score (nSPS) is 19.0. The molecule has 200 valence electrons. The number of hydrogen-bond acceptors (Lipinski definition) is 8. The second kappa shape index (κ2) is 12.6. The Hall–Kier alpha value is -2.91. The van der Waals surface area contributed by atoms with Crippen LogP contribution in [0.1, 0.15) is 44.1 Å². The number of halogens is 2. The molecule has 2 aromatic rings. The molecule has 1 heterocycles. The molecule has 2 unspecified atom stereocenters. The smallest absolute Gasteiger partial charge is 0.243 e. The van der Waals surface area contributed by atoms with E-state index in [2.05, 4.69) is 32.8 Å². The number of nitrogens with zero attached hydrogens (tertiary/aromatic N) is 2. The maximum atomic E-state index is 11.9. The third kappa shape index (κ3) is 6.90. The van der Waals surface area contributed by atoms with Gasteiger partial charge >= 0.3 is 0 Å². The van der Waals surface area contributed by atoms with Crippen LogP contribution >= 0.6 is 23.2 Å². The van der Waals surface area contributed by atoms with Gasteiger partial charge in [-0.15, -0.1) is 0 Å². The highest BCUT2D eigenvalue weighted by molar-refractivity contribution is 6.41. The number of hydrogen-bond donors (Lipinski definition) is 4. The number of amides is 1. The van der Waals surface area contributed by atoms with Gasteiger partial charge in [-0.1, -0.05) is 42.6 Å². The zero-order chi connectivity index (χ0) is 26.4. The number of ether oxygens (including phenoxy) is 2. The molecule has 1 aromatic heterocycles. The van der Waals surface area contributed by atoms with Crippen LogP contribution < -0.4 is 30.7 Å². The molecule has 9 nitrogen and oxygen atoms in total. The molecule has 0 saturated heterocycles. The number of methoxy groups -OCH3 is 2. The molecule has 0 bridgehead atoms. The van der Waals surface area contributed by atoms with Crippen molar-refractivity contribution in [3.8, 4) is 11.5 Å². The first-order chi connectivity index (χ1) is 17.9. The number of carbonyl (C=O) groups is 1. The van der Waals surface area contributed by atoms with Crippen molar-refractivity contribution in [1.82, 2.24) is 15.3 Å². The maximum Gasteiger partial charge on any atom is 0.243 e. The predicted octanol–water partition coefficient (Wildman–Crippen LogP) is 5.26. The van der Waals surface area contributed by atoms with E-state index in [-0.39, 0.29) is 18.0 Å². The SMILES string of the molecule is C=CC(=O)NC1CCCCC1Nc1ncc(CNc2c(Cl)c(OC)cc(OC)c2Cl)c(NCC2CC2)n1. The first-order valence-electron chi connectivity index (χ1n) is 12.6. The third-order valence-electron chi connectivity index (χ3n) is 6.74. The molecule has 11 heteroatoms. The molecule has 4 rings (SSSR count). The second-order valence-electron chi connectivity index (χ2n) is 9.38. The van der Waals surface area contributed by atoms with E-state index in [1.165, 1.54) is 33.1 Å². The summed E-state index contributed by atoms with van der Waals surface area (Å²) in [5, 5.41) is 14.0. The van der Waals surface area contributed by atoms with Gasteiger partial charge in [-0.05, 0) is 37.7 Å². The van der Waals surface area contributed by atoms with Gasteiger partial charge in [0.25, 0.3) is 0 Å². The van der Waals surface area contributed by atoms with Gasteiger partial charge < -0.3 is 30.7 Å². The molecule has 4 N–H and O–H groups in total. The lowest BCUT2D eigenvalue weighted by Gasteiger charge is -2.32. The summed E-state index contributed by atoms with van der Waals surface area (Å²) in [6.07, 6.45) is 9.51. The van der Waals surface area contributed by atoms with Crippen LogP contribution in [0.15, 0.2) is 24.9 Å². The summed E-state index contributed by atoms with van der Waals surface area (Å²) in [5.41, 5.74) is 1.37. The van der Waals surface area contributed by atoms with Crippen LogP contribution in [-0.2, 0) is 11.3 Å². The van der Waals surface area contributed by atoms with Gasteiger partial charge in [-0.2, -0.15) is 4.98 Å². The van der Waals surface area contributed by atoms with Crippen LogP contribution in [0.2, 0.25) is 10.0 Å². The van der Waals surface area contributed by atoms with Crippen molar-refractivity contribution in [2.24, 2.45) is 5.92 Å². The van der Waals surface area contributed by atoms with Crippen molar-refractivity contribution >= 4 is 46.6 Å². The minimum Gasteiger partial charge on any atom is -0.495 e. The first kappa shape index (κ1) is 27.1. The number of anilines is 3. The monoisotopic (exact) mass is 548 g/mol.